The first-order valence-electron chi connectivity index (χ1n) is 22.7. The number of pyridine rings is 2. The van der Waals surface area contributed by atoms with E-state index in [-0.39, 0.29) is 53.4 Å². The van der Waals surface area contributed by atoms with E-state index in [0.29, 0.717) is 36.9 Å². The maximum absolute atomic E-state index is 14.3. The lowest BCUT2D eigenvalue weighted by molar-refractivity contribution is -0.147. The smallest absolute Gasteiger partial charge is 0.417 e. The fraction of sp³-hybridized carbons (Fsp3) is 0.471. The van der Waals surface area contributed by atoms with Crippen molar-refractivity contribution in [1.29, 1.82) is 0 Å². The number of likely N-dealkylation sites (tertiary alicyclic amines) is 1. The molecule has 0 aliphatic carbocycles. The van der Waals surface area contributed by atoms with Crippen LogP contribution in [0.1, 0.15) is 132 Å². The van der Waals surface area contributed by atoms with Gasteiger partial charge in [-0.05, 0) is 95.9 Å². The first-order chi connectivity index (χ1) is 31.5. The fourth-order valence-electron chi connectivity index (χ4n) is 8.44. The zero-order valence-electron chi connectivity index (χ0n) is 39.2. The molecule has 1 fully saturated rings. The van der Waals surface area contributed by atoms with Crippen molar-refractivity contribution in [2.45, 2.75) is 129 Å². The third-order valence-electron chi connectivity index (χ3n) is 11.9. The van der Waals surface area contributed by atoms with Gasteiger partial charge in [0.1, 0.15) is 12.1 Å². The van der Waals surface area contributed by atoms with E-state index < -0.39 is 84.0 Å². The predicted octanol–water partition coefficient (Wildman–Crippen LogP) is 8.65. The molecule has 3 N–H and O–H groups in total. The Morgan fingerprint density at radius 2 is 1.51 bits per heavy atom. The topological polar surface area (TPSA) is 177 Å². The summed E-state index contributed by atoms with van der Waals surface area (Å²) in [4.78, 5) is 86.4. The van der Waals surface area contributed by atoms with Crippen molar-refractivity contribution >= 4 is 29.7 Å². The summed E-state index contributed by atoms with van der Waals surface area (Å²) in [6, 6.07) is 12.9. The lowest BCUT2D eigenvalue weighted by Crippen LogP contribution is -2.52. The molecule has 5 rings (SSSR count). The van der Waals surface area contributed by atoms with Crippen LogP contribution in [-0.2, 0) is 40.3 Å². The molecule has 1 aliphatic rings. The number of carbonyl (C=O) groups is 5. The summed E-state index contributed by atoms with van der Waals surface area (Å²) in [5.74, 6) is -3.83. The number of alkyl halides is 3. The number of carboxylic acids is 1. The number of hydrogen-bond acceptors (Lipinski definition) is 8. The molecule has 4 aromatic rings. The fourth-order valence-corrected chi connectivity index (χ4v) is 8.44. The summed E-state index contributed by atoms with van der Waals surface area (Å²) >= 11 is 0. The number of hydrogen-bond donors (Lipinski definition) is 3. The second-order valence-electron chi connectivity index (χ2n) is 19.0. The van der Waals surface area contributed by atoms with Crippen LogP contribution in [0.25, 0.3) is 11.1 Å². The number of carboxylic acid groups (broad SMARTS) is 1. The van der Waals surface area contributed by atoms with E-state index in [1.54, 1.807) is 43.0 Å². The number of halogens is 3. The molecular weight excluding hydrogens is 868 g/mol. The Kier molecular flexibility index (Phi) is 17.3. The van der Waals surface area contributed by atoms with E-state index in [0.717, 1.165) is 11.6 Å². The molecule has 0 bridgehead atoms. The highest BCUT2D eigenvalue weighted by Crippen LogP contribution is 2.39. The van der Waals surface area contributed by atoms with E-state index >= 15 is 0 Å². The Balaban J connectivity index is 1.41. The quantitative estimate of drug-likeness (QED) is 0.0777. The monoisotopic (exact) mass is 929 g/mol. The van der Waals surface area contributed by atoms with Crippen LogP contribution in [-0.4, -0.2) is 68.4 Å². The Bertz CT molecular complexity index is 2460. The average Bonchev–Trinajstić information content (AvgIpc) is 3.26. The molecule has 1 aliphatic heterocycles. The van der Waals surface area contributed by atoms with E-state index in [1.165, 1.54) is 47.4 Å². The number of nitrogens with one attached hydrogen (secondary N) is 2. The molecule has 67 heavy (non-hydrogen) atoms. The van der Waals surface area contributed by atoms with E-state index in [9.17, 15) is 47.0 Å². The Morgan fingerprint density at radius 1 is 0.821 bits per heavy atom. The number of amides is 3. The number of ether oxygens (including phenoxy) is 1. The van der Waals surface area contributed by atoms with E-state index in [1.807, 2.05) is 46.8 Å². The molecule has 13 nitrogen and oxygen atoms in total. The predicted molar refractivity (Wildman–Crippen MR) is 246 cm³/mol. The molecule has 2 aromatic heterocycles. The zero-order chi connectivity index (χ0) is 49.2. The highest BCUT2D eigenvalue weighted by Gasteiger charge is 2.36. The van der Waals surface area contributed by atoms with Crippen LogP contribution in [0.3, 0.4) is 0 Å². The SMILES string of the molecule is Cc1cccc(C(F)(F)F)c1-c1cncc([C@H](CC(=O)OCC(C)CC(C(=O)N[C@@H](CC(=O)O)c2cccc(C(C)(C)C)c2)n2ccccc2=O)NC(=O)C(CC(C)C)N2CCCCC2=O)c1. The molecule has 0 radical (unpaired) electrons. The maximum atomic E-state index is 14.3. The van der Waals surface area contributed by atoms with Crippen LogP contribution in [0.15, 0.2) is 90.1 Å². The van der Waals surface area contributed by atoms with Gasteiger partial charge >= 0.3 is 18.1 Å². The third kappa shape index (κ3) is 14.1. The lowest BCUT2D eigenvalue weighted by atomic mass is 9.85. The zero-order valence-corrected chi connectivity index (χ0v) is 39.2. The second-order valence-corrected chi connectivity index (χ2v) is 19.0. The van der Waals surface area contributed by atoms with Crippen LogP contribution >= 0.6 is 0 Å². The van der Waals surface area contributed by atoms with Gasteiger partial charge in [-0.1, -0.05) is 84.0 Å². The summed E-state index contributed by atoms with van der Waals surface area (Å²) in [7, 11) is 0. The van der Waals surface area contributed by atoms with Crippen LogP contribution in [0.5, 0.6) is 0 Å². The lowest BCUT2D eigenvalue weighted by Gasteiger charge is -2.35. The van der Waals surface area contributed by atoms with Gasteiger partial charge in [0.15, 0.2) is 0 Å². The number of benzene rings is 2. The summed E-state index contributed by atoms with van der Waals surface area (Å²) in [6.07, 6.45) is 0.491. The number of carbonyl (C=O) groups excluding carboxylic acids is 4. The van der Waals surface area contributed by atoms with Crippen molar-refractivity contribution in [1.82, 2.24) is 25.1 Å². The number of rotatable bonds is 19. The van der Waals surface area contributed by atoms with Crippen LogP contribution < -0.4 is 16.2 Å². The number of nitrogens with zero attached hydrogens (tertiary/aromatic N) is 3. The van der Waals surface area contributed by atoms with Crippen molar-refractivity contribution in [2.75, 3.05) is 13.2 Å². The van der Waals surface area contributed by atoms with Gasteiger partial charge in [0.05, 0.1) is 37.1 Å². The number of aryl methyl sites for hydroxylation is 1. The third-order valence-corrected chi connectivity index (χ3v) is 11.9. The summed E-state index contributed by atoms with van der Waals surface area (Å²) < 4.78 is 49.9. The maximum Gasteiger partial charge on any atom is 0.417 e. The highest BCUT2D eigenvalue weighted by molar-refractivity contribution is 5.89. The molecule has 360 valence electrons. The molecule has 16 heteroatoms. The molecule has 1 saturated heterocycles. The number of aliphatic carboxylic acids is 1. The summed E-state index contributed by atoms with van der Waals surface area (Å²) in [5.41, 5.74) is 0.445. The van der Waals surface area contributed by atoms with Crippen molar-refractivity contribution < 1.29 is 47.0 Å². The summed E-state index contributed by atoms with van der Waals surface area (Å²) in [5, 5.41) is 15.6. The molecule has 5 atom stereocenters. The minimum Gasteiger partial charge on any atom is -0.481 e. The highest BCUT2D eigenvalue weighted by atomic mass is 19.4. The van der Waals surface area contributed by atoms with Crippen molar-refractivity contribution in [3.63, 3.8) is 0 Å². The van der Waals surface area contributed by atoms with Crippen LogP contribution in [0.4, 0.5) is 13.2 Å². The number of esters is 1. The molecule has 0 spiro atoms. The molecular formula is C51H62F3N5O8. The minimum absolute atomic E-state index is 0.00240. The Morgan fingerprint density at radius 3 is 2.15 bits per heavy atom. The van der Waals surface area contributed by atoms with Gasteiger partial charge in [-0.25, -0.2) is 0 Å². The van der Waals surface area contributed by atoms with Gasteiger partial charge in [0.25, 0.3) is 5.56 Å². The van der Waals surface area contributed by atoms with Gasteiger partial charge in [-0.15, -0.1) is 0 Å². The number of piperidine rings is 1. The van der Waals surface area contributed by atoms with Gasteiger partial charge in [0.2, 0.25) is 17.7 Å². The Labute approximate surface area is 389 Å². The van der Waals surface area contributed by atoms with Gasteiger partial charge in [0, 0.05) is 43.2 Å². The average molecular weight is 930 g/mol. The van der Waals surface area contributed by atoms with E-state index in [4.69, 9.17) is 4.74 Å². The van der Waals surface area contributed by atoms with Crippen molar-refractivity contribution in [3.05, 3.63) is 123 Å². The second kappa shape index (κ2) is 22.4. The Hall–Kier alpha value is -6.32. The molecule has 3 heterocycles. The van der Waals surface area contributed by atoms with Crippen LogP contribution in [0, 0.1) is 18.8 Å². The first-order valence-corrected chi connectivity index (χ1v) is 22.7. The van der Waals surface area contributed by atoms with Gasteiger partial charge in [-0.2, -0.15) is 13.2 Å². The number of aromatic nitrogens is 2. The van der Waals surface area contributed by atoms with Crippen molar-refractivity contribution in [3.8, 4) is 11.1 Å². The van der Waals surface area contributed by atoms with Gasteiger partial charge < -0.3 is 29.9 Å². The molecule has 0 saturated carbocycles. The summed E-state index contributed by atoms with van der Waals surface area (Å²) in [6.45, 7) is 13.3. The largest absolute Gasteiger partial charge is 0.481 e. The molecule has 3 amide bonds. The first kappa shape index (κ1) is 51.7. The molecule has 2 aromatic carbocycles. The standard InChI is InChI=1S/C51H62F3N5O8/c1-31(2)22-41(58-20-10-8-18-43(58)60)48(65)57-40(35-24-36(29-55-28-35)47-33(4)14-12-17-38(47)51(52,53)54)27-46(64)67-30-32(3)23-42(59-21-11-9-19-44(59)61)49(66)56-39(26-45(62)63)34-15-13-16-37(25-34)50(5,6)7/h9,11-17,19,21,24-25,28-29,31-32,39-42H,8,10,18,20,22-23,26-27,30H2,1-7H3,(H,56,66)(H,57,65)(H,62,63)/t32?,39-,40-,41?,42?/m0/s1. The molecule has 3 unspecified atom stereocenters. The van der Waals surface area contributed by atoms with Crippen LogP contribution in [0.2, 0.25) is 0 Å². The van der Waals surface area contributed by atoms with E-state index in [2.05, 4.69) is 15.6 Å². The van der Waals surface area contributed by atoms with Crippen molar-refractivity contribution in [2.24, 2.45) is 11.8 Å². The van der Waals surface area contributed by atoms with Gasteiger partial charge in [-0.3, -0.25) is 33.8 Å². The normalized spacial score (nSPS) is 15.6. The minimum atomic E-state index is -4.69.